The molecule has 2 aromatic rings. The molecule has 5 rings (SSSR count). The van der Waals surface area contributed by atoms with Crippen LogP contribution in [0, 0.1) is 5.82 Å². The molecule has 0 aromatic heterocycles. The highest BCUT2D eigenvalue weighted by atomic mass is 35.5. The van der Waals surface area contributed by atoms with Crippen molar-refractivity contribution in [1.29, 1.82) is 0 Å². The van der Waals surface area contributed by atoms with Gasteiger partial charge in [-0.1, -0.05) is 29.8 Å². The zero-order chi connectivity index (χ0) is 26.1. The Labute approximate surface area is 219 Å². The molecule has 0 saturated carbocycles. The lowest BCUT2D eigenvalue weighted by Gasteiger charge is -2.44. The number of hydrogen-bond acceptors (Lipinski definition) is 5. The first kappa shape index (κ1) is 25.2. The Morgan fingerprint density at radius 2 is 1.59 bits per heavy atom. The molecule has 6 nitrogen and oxygen atoms in total. The number of Topliss-reactive ketones (excluding diaryl/α,β-unsaturated/α-hetero) is 2. The van der Waals surface area contributed by atoms with E-state index in [1.54, 1.807) is 24.3 Å². The number of ketones is 2. The minimum atomic E-state index is -0.918. The zero-order valence-corrected chi connectivity index (χ0v) is 21.0. The van der Waals surface area contributed by atoms with Crippen molar-refractivity contribution in [3.05, 3.63) is 87.0 Å². The fourth-order valence-corrected chi connectivity index (χ4v) is 5.83. The number of carboxylic acids is 1. The third-order valence-corrected chi connectivity index (χ3v) is 7.53. The third kappa shape index (κ3) is 5.05. The maximum Gasteiger partial charge on any atom is 0.305 e. The van der Waals surface area contributed by atoms with Crippen molar-refractivity contribution in [1.82, 2.24) is 4.90 Å². The van der Waals surface area contributed by atoms with Gasteiger partial charge in [-0.25, -0.2) is 4.39 Å². The molecule has 1 aliphatic heterocycles. The quantitative estimate of drug-likeness (QED) is 0.483. The van der Waals surface area contributed by atoms with Crippen molar-refractivity contribution < 1.29 is 28.6 Å². The van der Waals surface area contributed by atoms with Crippen LogP contribution in [0.1, 0.15) is 62.0 Å². The molecule has 0 atom stereocenters. The Balaban J connectivity index is 1.52. The van der Waals surface area contributed by atoms with Crippen LogP contribution in [0.3, 0.4) is 0 Å². The average molecular weight is 524 g/mol. The van der Waals surface area contributed by atoms with Crippen LogP contribution in [0.15, 0.2) is 65.0 Å². The molecule has 1 heterocycles. The fraction of sp³-hybridized carbons (Fsp3) is 0.345. The van der Waals surface area contributed by atoms with Crippen molar-refractivity contribution in [3.63, 3.8) is 0 Å². The van der Waals surface area contributed by atoms with Crippen molar-refractivity contribution in [2.45, 2.75) is 57.5 Å². The van der Waals surface area contributed by atoms with Gasteiger partial charge in [-0.2, -0.15) is 0 Å². The standard InChI is InChI=1S/C29H27ClFNO5/c30-20-15-18(9-12-25(20)37-16-17-7-10-19(31)11-8-17)27-28-21(3-1-5-23(28)33)32(14-13-26(35)36)22-4-2-6-24(34)29(22)27/h7-12,15,27H,1-6,13-14,16H2,(H,35,36). The number of ether oxygens (including phenoxy) is 1. The summed E-state index contributed by atoms with van der Waals surface area (Å²) in [7, 11) is 0. The summed E-state index contributed by atoms with van der Waals surface area (Å²) in [5.74, 6) is -1.35. The van der Waals surface area contributed by atoms with Gasteiger partial charge < -0.3 is 14.7 Å². The number of rotatable bonds is 7. The molecule has 1 N–H and O–H groups in total. The lowest BCUT2D eigenvalue weighted by atomic mass is 9.71. The summed E-state index contributed by atoms with van der Waals surface area (Å²) in [4.78, 5) is 39.9. The fourth-order valence-electron chi connectivity index (χ4n) is 5.58. The molecule has 0 amide bonds. The van der Waals surface area contributed by atoms with Crippen molar-refractivity contribution in [3.8, 4) is 5.75 Å². The number of carboxylic acid groups (broad SMARTS) is 1. The topological polar surface area (TPSA) is 83.9 Å². The number of carbonyl (C=O) groups is 3. The Bertz CT molecular complexity index is 1290. The first-order chi connectivity index (χ1) is 17.8. The first-order valence-electron chi connectivity index (χ1n) is 12.5. The first-order valence-corrected chi connectivity index (χ1v) is 12.9. The predicted octanol–water partition coefficient (Wildman–Crippen LogP) is 5.95. The highest BCUT2D eigenvalue weighted by molar-refractivity contribution is 6.32. The van der Waals surface area contributed by atoms with Gasteiger partial charge in [0, 0.05) is 47.8 Å². The van der Waals surface area contributed by atoms with Gasteiger partial charge in [0.2, 0.25) is 0 Å². The predicted molar refractivity (Wildman–Crippen MR) is 136 cm³/mol. The molecule has 0 saturated heterocycles. The summed E-state index contributed by atoms with van der Waals surface area (Å²) in [5.41, 5.74) is 4.37. The van der Waals surface area contributed by atoms with Crippen LogP contribution >= 0.6 is 11.6 Å². The Morgan fingerprint density at radius 3 is 2.16 bits per heavy atom. The van der Waals surface area contributed by atoms with Crippen LogP contribution in [-0.2, 0) is 21.0 Å². The number of carbonyl (C=O) groups excluding carboxylic acids is 2. The van der Waals surface area contributed by atoms with E-state index in [1.807, 2.05) is 11.0 Å². The van der Waals surface area contributed by atoms with E-state index in [4.69, 9.17) is 16.3 Å². The summed E-state index contributed by atoms with van der Waals surface area (Å²) < 4.78 is 19.0. The normalized spacial score (nSPS) is 18.2. The minimum absolute atomic E-state index is 0.00995. The van der Waals surface area contributed by atoms with Gasteiger partial charge in [0.1, 0.15) is 18.2 Å². The van der Waals surface area contributed by atoms with E-state index in [0.29, 0.717) is 60.4 Å². The number of nitrogens with zero attached hydrogens (tertiary/aromatic N) is 1. The molecule has 0 radical (unpaired) electrons. The number of allylic oxidation sites excluding steroid dienone is 4. The second-order valence-corrected chi connectivity index (χ2v) is 10.0. The largest absolute Gasteiger partial charge is 0.487 e. The van der Waals surface area contributed by atoms with Crippen LogP contribution in [0.25, 0.3) is 0 Å². The van der Waals surface area contributed by atoms with Crippen LogP contribution < -0.4 is 4.74 Å². The van der Waals surface area contributed by atoms with E-state index >= 15 is 0 Å². The average Bonchev–Trinajstić information content (AvgIpc) is 2.87. The van der Waals surface area contributed by atoms with Gasteiger partial charge in [0.15, 0.2) is 11.6 Å². The van der Waals surface area contributed by atoms with E-state index in [9.17, 15) is 23.9 Å². The van der Waals surface area contributed by atoms with Crippen LogP contribution in [0.5, 0.6) is 5.75 Å². The SMILES string of the molecule is O=C(O)CCN1C2=C(C(=O)CCC2)C(c2ccc(OCc3ccc(F)cc3)c(Cl)c2)C2=C1CCCC2=O. The second-order valence-electron chi connectivity index (χ2n) is 9.61. The summed E-state index contributed by atoms with van der Waals surface area (Å²) in [6, 6.07) is 11.3. The van der Waals surface area contributed by atoms with Crippen LogP contribution in [0.2, 0.25) is 5.02 Å². The number of hydrogen-bond donors (Lipinski definition) is 1. The molecular weight excluding hydrogens is 497 g/mol. The number of halogens is 2. The smallest absolute Gasteiger partial charge is 0.305 e. The van der Waals surface area contributed by atoms with Crippen molar-refractivity contribution in [2.24, 2.45) is 0 Å². The molecule has 0 bridgehead atoms. The highest BCUT2D eigenvalue weighted by Gasteiger charge is 2.43. The molecule has 0 spiro atoms. The highest BCUT2D eigenvalue weighted by Crippen LogP contribution is 2.49. The Kier molecular flexibility index (Phi) is 7.15. The maximum absolute atomic E-state index is 13.3. The van der Waals surface area contributed by atoms with Crippen molar-refractivity contribution in [2.75, 3.05) is 6.54 Å². The van der Waals surface area contributed by atoms with Crippen LogP contribution in [0.4, 0.5) is 4.39 Å². The minimum Gasteiger partial charge on any atom is -0.487 e. The summed E-state index contributed by atoms with van der Waals surface area (Å²) in [6.45, 7) is 0.445. The van der Waals surface area contributed by atoms with Gasteiger partial charge in [0.25, 0.3) is 0 Å². The van der Waals surface area contributed by atoms with E-state index in [0.717, 1.165) is 22.5 Å². The lowest BCUT2D eigenvalue weighted by Crippen LogP contribution is -2.39. The number of aliphatic carboxylic acids is 1. The Hall–Kier alpha value is -3.45. The summed E-state index contributed by atoms with van der Waals surface area (Å²) in [6.07, 6.45) is 3.43. The molecule has 2 aromatic carbocycles. The molecule has 192 valence electrons. The van der Waals surface area contributed by atoms with E-state index in [1.165, 1.54) is 12.1 Å². The summed E-state index contributed by atoms with van der Waals surface area (Å²) >= 11 is 6.61. The zero-order valence-electron chi connectivity index (χ0n) is 20.3. The molecule has 0 unspecified atom stereocenters. The molecule has 0 fully saturated rings. The van der Waals surface area contributed by atoms with Gasteiger partial charge in [-0.15, -0.1) is 0 Å². The molecule has 8 heteroatoms. The molecular formula is C29H27ClFNO5. The van der Waals surface area contributed by atoms with E-state index in [2.05, 4.69) is 0 Å². The van der Waals surface area contributed by atoms with Crippen molar-refractivity contribution >= 4 is 29.1 Å². The number of benzene rings is 2. The molecule has 3 aliphatic rings. The summed E-state index contributed by atoms with van der Waals surface area (Å²) in [5, 5.41) is 9.67. The van der Waals surface area contributed by atoms with Gasteiger partial charge in [-0.3, -0.25) is 14.4 Å². The monoisotopic (exact) mass is 523 g/mol. The van der Waals surface area contributed by atoms with E-state index < -0.39 is 11.9 Å². The molecule has 37 heavy (non-hydrogen) atoms. The van der Waals surface area contributed by atoms with Gasteiger partial charge in [0.05, 0.1) is 11.4 Å². The molecule has 2 aliphatic carbocycles. The van der Waals surface area contributed by atoms with Gasteiger partial charge >= 0.3 is 5.97 Å². The third-order valence-electron chi connectivity index (χ3n) is 7.23. The van der Waals surface area contributed by atoms with Crippen LogP contribution in [-0.4, -0.2) is 34.1 Å². The maximum atomic E-state index is 13.3. The second kappa shape index (κ2) is 10.5. The van der Waals surface area contributed by atoms with E-state index in [-0.39, 0.29) is 37.0 Å². The lowest BCUT2D eigenvalue weighted by molar-refractivity contribution is -0.137. The van der Waals surface area contributed by atoms with Gasteiger partial charge in [-0.05, 0) is 61.1 Å². The Morgan fingerprint density at radius 1 is 0.973 bits per heavy atom.